The van der Waals surface area contributed by atoms with Gasteiger partial charge in [-0.25, -0.2) is 8.42 Å². The Morgan fingerprint density at radius 1 is 1.05 bits per heavy atom. The van der Waals surface area contributed by atoms with Crippen molar-refractivity contribution in [3.05, 3.63) is 57.1 Å². The fourth-order valence-electron chi connectivity index (χ4n) is 1.91. The molecule has 0 amide bonds. The van der Waals surface area contributed by atoms with Gasteiger partial charge in [0, 0.05) is 5.02 Å². The number of rotatable bonds is 4. The molecule has 22 heavy (non-hydrogen) atoms. The van der Waals surface area contributed by atoms with Crippen LogP contribution in [0.1, 0.15) is 16.7 Å². The number of halogens is 2. The lowest BCUT2D eigenvalue weighted by Gasteiger charge is -2.13. The fraction of sp³-hybridized carbons (Fsp3) is 0.200. The summed E-state index contributed by atoms with van der Waals surface area (Å²) in [6.45, 7) is 3.30. The summed E-state index contributed by atoms with van der Waals surface area (Å²) in [5.74, 6) is 0. The number of hydrogen-bond acceptors (Lipinski definition) is 3. The molecule has 2 aromatic rings. The summed E-state index contributed by atoms with van der Waals surface area (Å²) in [5, 5.41) is 9.63. The molecule has 0 aliphatic rings. The molecular weight excluding hydrogens is 345 g/mol. The van der Waals surface area contributed by atoms with Crippen LogP contribution in [0.5, 0.6) is 0 Å². The van der Waals surface area contributed by atoms with E-state index in [1.165, 1.54) is 12.1 Å². The number of benzene rings is 2. The summed E-state index contributed by atoms with van der Waals surface area (Å²) in [5.41, 5.74) is 2.37. The number of nitrogens with one attached hydrogen (secondary N) is 1. The first-order valence-corrected chi connectivity index (χ1v) is 8.67. The topological polar surface area (TPSA) is 66.4 Å². The van der Waals surface area contributed by atoms with E-state index in [-0.39, 0.29) is 16.5 Å². The smallest absolute Gasteiger partial charge is 0.263 e. The third-order valence-electron chi connectivity index (χ3n) is 3.23. The quantitative estimate of drug-likeness (QED) is 0.869. The van der Waals surface area contributed by atoms with Crippen LogP contribution in [0.3, 0.4) is 0 Å². The molecule has 0 atom stereocenters. The van der Waals surface area contributed by atoms with E-state index in [0.29, 0.717) is 21.8 Å². The predicted molar refractivity (Wildman–Crippen MR) is 89.1 cm³/mol. The van der Waals surface area contributed by atoms with Crippen LogP contribution >= 0.6 is 23.2 Å². The van der Waals surface area contributed by atoms with Gasteiger partial charge in [-0.1, -0.05) is 35.3 Å². The molecule has 0 aliphatic carbocycles. The van der Waals surface area contributed by atoms with Crippen LogP contribution in [0.15, 0.2) is 35.2 Å². The minimum absolute atomic E-state index is 0.0372. The van der Waals surface area contributed by atoms with E-state index in [2.05, 4.69) is 4.72 Å². The van der Waals surface area contributed by atoms with Crippen LogP contribution in [0.2, 0.25) is 10.0 Å². The normalized spacial score (nSPS) is 11.5. The first kappa shape index (κ1) is 17.1. The minimum atomic E-state index is -3.85. The Hall–Kier alpha value is -1.27. The van der Waals surface area contributed by atoms with Crippen LogP contribution in [-0.2, 0) is 16.6 Å². The van der Waals surface area contributed by atoms with Crippen molar-refractivity contribution in [2.24, 2.45) is 0 Å². The molecule has 2 N–H and O–H groups in total. The zero-order valence-electron chi connectivity index (χ0n) is 12.0. The van der Waals surface area contributed by atoms with Crippen molar-refractivity contribution in [3.8, 4) is 0 Å². The summed E-state index contributed by atoms with van der Waals surface area (Å²) in [6, 6.07) is 7.89. The summed E-state index contributed by atoms with van der Waals surface area (Å²) in [7, 11) is -3.85. The van der Waals surface area contributed by atoms with E-state index in [0.717, 1.165) is 5.56 Å². The molecule has 0 aromatic heterocycles. The molecular formula is C15H15Cl2NO3S. The average Bonchev–Trinajstić information content (AvgIpc) is 2.44. The lowest BCUT2D eigenvalue weighted by molar-refractivity contribution is 0.282. The van der Waals surface area contributed by atoms with Crippen molar-refractivity contribution in [2.45, 2.75) is 25.3 Å². The first-order chi connectivity index (χ1) is 10.2. The summed E-state index contributed by atoms with van der Waals surface area (Å²) in [6.07, 6.45) is 0. The van der Waals surface area contributed by atoms with Gasteiger partial charge in [0.1, 0.15) is 4.90 Å². The van der Waals surface area contributed by atoms with E-state index in [9.17, 15) is 8.42 Å². The highest BCUT2D eigenvalue weighted by Crippen LogP contribution is 2.30. The molecule has 0 bridgehead atoms. The van der Waals surface area contributed by atoms with Crippen LogP contribution in [0.4, 0.5) is 5.69 Å². The van der Waals surface area contributed by atoms with Gasteiger partial charge in [-0.15, -0.1) is 0 Å². The monoisotopic (exact) mass is 359 g/mol. The largest absolute Gasteiger partial charge is 0.392 e. The van der Waals surface area contributed by atoms with Crippen molar-refractivity contribution < 1.29 is 13.5 Å². The third-order valence-corrected chi connectivity index (χ3v) is 5.47. The standard InChI is InChI=1S/C15H15Cl2NO3S/c1-9-3-4-11(8-19)6-14(9)18-22(20,21)15-5-10(2)12(16)7-13(15)17/h3-7,18-19H,8H2,1-2H3. The van der Waals surface area contributed by atoms with Gasteiger partial charge in [0.2, 0.25) is 0 Å². The average molecular weight is 360 g/mol. The van der Waals surface area contributed by atoms with E-state index >= 15 is 0 Å². The maximum Gasteiger partial charge on any atom is 0.263 e. The highest BCUT2D eigenvalue weighted by atomic mass is 35.5. The fourth-order valence-corrected chi connectivity index (χ4v) is 3.87. The maximum atomic E-state index is 12.5. The van der Waals surface area contributed by atoms with Crippen molar-refractivity contribution in [3.63, 3.8) is 0 Å². The number of anilines is 1. The summed E-state index contributed by atoms with van der Waals surface area (Å²) < 4.78 is 27.6. The van der Waals surface area contributed by atoms with Gasteiger partial charge in [0.25, 0.3) is 10.0 Å². The molecule has 2 aromatic carbocycles. The molecule has 4 nitrogen and oxygen atoms in total. The number of sulfonamides is 1. The number of aliphatic hydroxyl groups excluding tert-OH is 1. The second-order valence-electron chi connectivity index (χ2n) is 4.94. The Bertz CT molecular complexity index is 820. The zero-order chi connectivity index (χ0) is 16.5. The first-order valence-electron chi connectivity index (χ1n) is 6.43. The Balaban J connectivity index is 2.46. The highest BCUT2D eigenvalue weighted by molar-refractivity contribution is 7.92. The SMILES string of the molecule is Cc1cc(S(=O)(=O)Nc2cc(CO)ccc2C)c(Cl)cc1Cl. The van der Waals surface area contributed by atoms with E-state index in [4.69, 9.17) is 28.3 Å². The lowest BCUT2D eigenvalue weighted by Crippen LogP contribution is -2.15. The molecule has 0 spiro atoms. The number of hydrogen-bond donors (Lipinski definition) is 2. The molecule has 0 aliphatic heterocycles. The van der Waals surface area contributed by atoms with E-state index in [1.807, 2.05) is 0 Å². The lowest BCUT2D eigenvalue weighted by atomic mass is 10.1. The summed E-state index contributed by atoms with van der Waals surface area (Å²) in [4.78, 5) is -0.0372. The Labute approximate surface area is 139 Å². The van der Waals surface area contributed by atoms with Crippen LogP contribution in [0.25, 0.3) is 0 Å². The van der Waals surface area contributed by atoms with Gasteiger partial charge in [-0.2, -0.15) is 0 Å². The molecule has 0 saturated heterocycles. The minimum Gasteiger partial charge on any atom is -0.392 e. The van der Waals surface area contributed by atoms with Crippen molar-refractivity contribution in [1.29, 1.82) is 0 Å². The predicted octanol–water partition coefficient (Wildman–Crippen LogP) is 3.90. The highest BCUT2D eigenvalue weighted by Gasteiger charge is 2.20. The van der Waals surface area contributed by atoms with Gasteiger partial charge < -0.3 is 5.11 Å². The second kappa shape index (κ2) is 6.46. The number of aliphatic hydroxyl groups is 1. The van der Waals surface area contributed by atoms with Gasteiger partial charge in [0.15, 0.2) is 0 Å². The number of aryl methyl sites for hydroxylation is 2. The molecule has 0 saturated carbocycles. The van der Waals surface area contributed by atoms with E-state index in [1.54, 1.807) is 32.0 Å². The Kier molecular flexibility index (Phi) is 5.02. The van der Waals surface area contributed by atoms with Crippen molar-refractivity contribution >= 4 is 38.9 Å². The molecule has 7 heteroatoms. The van der Waals surface area contributed by atoms with Crippen LogP contribution in [0, 0.1) is 13.8 Å². The molecule has 118 valence electrons. The Morgan fingerprint density at radius 3 is 2.36 bits per heavy atom. The molecule has 0 unspecified atom stereocenters. The molecule has 2 rings (SSSR count). The molecule has 0 heterocycles. The Morgan fingerprint density at radius 2 is 1.73 bits per heavy atom. The second-order valence-corrected chi connectivity index (χ2v) is 7.41. The van der Waals surface area contributed by atoms with Crippen molar-refractivity contribution in [1.82, 2.24) is 0 Å². The van der Waals surface area contributed by atoms with E-state index < -0.39 is 10.0 Å². The molecule has 0 radical (unpaired) electrons. The van der Waals surface area contributed by atoms with Crippen LogP contribution < -0.4 is 4.72 Å². The van der Waals surface area contributed by atoms with Gasteiger partial charge in [-0.05, 0) is 48.7 Å². The van der Waals surface area contributed by atoms with Crippen molar-refractivity contribution in [2.75, 3.05) is 4.72 Å². The summed E-state index contributed by atoms with van der Waals surface area (Å²) >= 11 is 11.9. The molecule has 0 fully saturated rings. The maximum absolute atomic E-state index is 12.5. The zero-order valence-corrected chi connectivity index (χ0v) is 14.4. The van der Waals surface area contributed by atoms with Gasteiger partial charge in [-0.3, -0.25) is 4.72 Å². The van der Waals surface area contributed by atoms with Gasteiger partial charge in [0.05, 0.1) is 17.3 Å². The third kappa shape index (κ3) is 3.55. The van der Waals surface area contributed by atoms with Crippen LogP contribution in [-0.4, -0.2) is 13.5 Å². The van der Waals surface area contributed by atoms with Gasteiger partial charge >= 0.3 is 0 Å².